The normalized spacial score (nSPS) is 14.5. The molecule has 4 heteroatoms. The minimum atomic E-state index is 0.114. The van der Waals surface area contributed by atoms with Crippen molar-refractivity contribution in [2.45, 2.75) is 45.1 Å². The van der Waals surface area contributed by atoms with Gasteiger partial charge in [-0.15, -0.1) is 0 Å². The van der Waals surface area contributed by atoms with Gasteiger partial charge in [0.25, 0.3) is 0 Å². The molecular weight excluding hydrogens is 296 g/mol. The highest BCUT2D eigenvalue weighted by Crippen LogP contribution is 2.19. The van der Waals surface area contributed by atoms with E-state index in [-0.39, 0.29) is 5.91 Å². The van der Waals surface area contributed by atoms with Gasteiger partial charge in [0.2, 0.25) is 5.91 Å². The maximum atomic E-state index is 11.8. The second-order valence-electron chi connectivity index (χ2n) is 5.73. The molecule has 0 aromatic heterocycles. The third-order valence-electron chi connectivity index (χ3n) is 3.96. The zero-order valence-electron chi connectivity index (χ0n) is 13.0. The Hall–Kier alpha value is -1.32. The molecule has 0 spiro atoms. The standard InChI is InChI=1S/C18H25ClN2O/c19-17-9-5-4-8-16(17)14-20-12-11-18(22)21-13-10-15-6-2-1-3-7-15/h4-6,8-9,20H,1-3,7,10-14H2,(H,21,22). The molecule has 0 heterocycles. The molecule has 0 unspecified atom stereocenters. The summed E-state index contributed by atoms with van der Waals surface area (Å²) in [6, 6.07) is 7.76. The van der Waals surface area contributed by atoms with Gasteiger partial charge in [-0.05, 0) is 43.7 Å². The second kappa shape index (κ2) is 9.65. The van der Waals surface area contributed by atoms with Gasteiger partial charge in [-0.25, -0.2) is 0 Å². The molecule has 0 bridgehead atoms. The smallest absolute Gasteiger partial charge is 0.221 e. The number of amides is 1. The maximum Gasteiger partial charge on any atom is 0.221 e. The molecule has 2 rings (SSSR count). The summed E-state index contributed by atoms with van der Waals surface area (Å²) in [6.07, 6.45) is 8.85. The van der Waals surface area contributed by atoms with Crippen LogP contribution in [-0.2, 0) is 11.3 Å². The first-order valence-electron chi connectivity index (χ1n) is 8.14. The van der Waals surface area contributed by atoms with Gasteiger partial charge < -0.3 is 10.6 Å². The fourth-order valence-electron chi connectivity index (χ4n) is 2.65. The topological polar surface area (TPSA) is 41.1 Å². The van der Waals surface area contributed by atoms with Crippen LogP contribution in [0.2, 0.25) is 5.02 Å². The molecule has 1 aromatic rings. The van der Waals surface area contributed by atoms with Gasteiger partial charge in [-0.2, -0.15) is 0 Å². The molecule has 0 fully saturated rings. The summed E-state index contributed by atoms with van der Waals surface area (Å²) in [7, 11) is 0. The Labute approximate surface area is 138 Å². The highest BCUT2D eigenvalue weighted by molar-refractivity contribution is 6.31. The van der Waals surface area contributed by atoms with Crippen LogP contribution in [0.25, 0.3) is 0 Å². The summed E-state index contributed by atoms with van der Waals surface area (Å²) < 4.78 is 0. The van der Waals surface area contributed by atoms with E-state index in [0.717, 1.165) is 23.6 Å². The van der Waals surface area contributed by atoms with Crippen molar-refractivity contribution in [2.24, 2.45) is 0 Å². The third-order valence-corrected chi connectivity index (χ3v) is 4.32. The molecule has 22 heavy (non-hydrogen) atoms. The molecule has 0 saturated heterocycles. The number of rotatable bonds is 8. The number of carbonyl (C=O) groups is 1. The van der Waals surface area contributed by atoms with Crippen molar-refractivity contribution in [3.8, 4) is 0 Å². The summed E-state index contributed by atoms with van der Waals surface area (Å²) in [5, 5.41) is 7.01. The SMILES string of the molecule is O=C(CCNCc1ccccc1Cl)NCCC1=CCCCC1. The summed E-state index contributed by atoms with van der Waals surface area (Å²) in [6.45, 7) is 2.12. The number of carbonyl (C=O) groups excluding carboxylic acids is 1. The molecular formula is C18H25ClN2O. The minimum Gasteiger partial charge on any atom is -0.356 e. The number of hydrogen-bond donors (Lipinski definition) is 2. The Morgan fingerprint density at radius 3 is 2.82 bits per heavy atom. The van der Waals surface area contributed by atoms with Crippen LogP contribution in [0.15, 0.2) is 35.9 Å². The third kappa shape index (κ3) is 6.20. The maximum absolute atomic E-state index is 11.8. The van der Waals surface area contributed by atoms with Gasteiger partial charge >= 0.3 is 0 Å². The molecule has 1 aromatic carbocycles. The Balaban J connectivity index is 1.54. The van der Waals surface area contributed by atoms with Crippen LogP contribution in [0.5, 0.6) is 0 Å². The van der Waals surface area contributed by atoms with Crippen molar-refractivity contribution < 1.29 is 4.79 Å². The van der Waals surface area contributed by atoms with Gasteiger partial charge in [0.15, 0.2) is 0 Å². The average Bonchev–Trinajstić information content (AvgIpc) is 2.54. The van der Waals surface area contributed by atoms with Crippen LogP contribution >= 0.6 is 11.6 Å². The van der Waals surface area contributed by atoms with E-state index in [2.05, 4.69) is 16.7 Å². The molecule has 120 valence electrons. The number of hydrogen-bond acceptors (Lipinski definition) is 2. The van der Waals surface area contributed by atoms with Gasteiger partial charge in [0, 0.05) is 31.1 Å². The lowest BCUT2D eigenvalue weighted by Crippen LogP contribution is -2.28. The van der Waals surface area contributed by atoms with Crippen molar-refractivity contribution in [3.63, 3.8) is 0 Å². The minimum absolute atomic E-state index is 0.114. The largest absolute Gasteiger partial charge is 0.356 e. The van der Waals surface area contributed by atoms with E-state index in [1.54, 1.807) is 0 Å². The van der Waals surface area contributed by atoms with Crippen molar-refractivity contribution in [1.29, 1.82) is 0 Å². The van der Waals surface area contributed by atoms with Crippen molar-refractivity contribution >= 4 is 17.5 Å². The van der Waals surface area contributed by atoms with E-state index < -0.39 is 0 Å². The Kier molecular flexibility index (Phi) is 7.47. The predicted molar refractivity (Wildman–Crippen MR) is 92.0 cm³/mol. The Morgan fingerprint density at radius 1 is 1.18 bits per heavy atom. The zero-order chi connectivity index (χ0) is 15.6. The number of benzene rings is 1. The first-order valence-corrected chi connectivity index (χ1v) is 8.52. The van der Waals surface area contributed by atoms with Gasteiger partial charge in [0.05, 0.1) is 0 Å². The monoisotopic (exact) mass is 320 g/mol. The van der Waals surface area contributed by atoms with Crippen LogP contribution < -0.4 is 10.6 Å². The highest BCUT2D eigenvalue weighted by atomic mass is 35.5. The molecule has 1 aliphatic rings. The summed E-state index contributed by atoms with van der Waals surface area (Å²) >= 11 is 6.08. The Bertz CT molecular complexity index is 514. The lowest BCUT2D eigenvalue weighted by atomic mass is 9.97. The summed E-state index contributed by atoms with van der Waals surface area (Å²) in [4.78, 5) is 11.8. The molecule has 1 amide bonds. The first-order chi connectivity index (χ1) is 10.8. The average molecular weight is 321 g/mol. The zero-order valence-corrected chi connectivity index (χ0v) is 13.8. The molecule has 2 N–H and O–H groups in total. The highest BCUT2D eigenvalue weighted by Gasteiger charge is 2.05. The quantitative estimate of drug-likeness (QED) is 0.564. The van der Waals surface area contributed by atoms with E-state index >= 15 is 0 Å². The molecule has 0 aliphatic heterocycles. The number of halogens is 1. The molecule has 0 radical (unpaired) electrons. The summed E-state index contributed by atoms with van der Waals surface area (Å²) in [5.74, 6) is 0.114. The fourth-order valence-corrected chi connectivity index (χ4v) is 2.85. The van der Waals surface area contributed by atoms with Crippen LogP contribution in [0.1, 0.15) is 44.1 Å². The Morgan fingerprint density at radius 2 is 2.05 bits per heavy atom. The van der Waals surface area contributed by atoms with Crippen LogP contribution in [0.3, 0.4) is 0 Å². The predicted octanol–water partition coefficient (Wildman–Crippen LogP) is 3.83. The van der Waals surface area contributed by atoms with Crippen LogP contribution in [0.4, 0.5) is 0 Å². The summed E-state index contributed by atoms with van der Waals surface area (Å²) in [5.41, 5.74) is 2.57. The van der Waals surface area contributed by atoms with Crippen LogP contribution in [0, 0.1) is 0 Å². The van der Waals surface area contributed by atoms with E-state index in [1.165, 1.54) is 31.3 Å². The van der Waals surface area contributed by atoms with Gasteiger partial charge in [-0.3, -0.25) is 4.79 Å². The van der Waals surface area contributed by atoms with E-state index in [4.69, 9.17) is 11.6 Å². The van der Waals surface area contributed by atoms with Gasteiger partial charge in [0.1, 0.15) is 0 Å². The van der Waals surface area contributed by atoms with Crippen molar-refractivity contribution in [2.75, 3.05) is 13.1 Å². The van der Waals surface area contributed by atoms with Crippen LogP contribution in [-0.4, -0.2) is 19.0 Å². The molecule has 1 aliphatic carbocycles. The molecule has 0 saturated carbocycles. The van der Waals surface area contributed by atoms with Crippen molar-refractivity contribution in [3.05, 3.63) is 46.5 Å². The first kappa shape index (κ1) is 17.0. The van der Waals surface area contributed by atoms with E-state index in [1.807, 2.05) is 24.3 Å². The van der Waals surface area contributed by atoms with E-state index in [0.29, 0.717) is 19.5 Å². The molecule has 3 nitrogen and oxygen atoms in total. The van der Waals surface area contributed by atoms with Crippen molar-refractivity contribution in [1.82, 2.24) is 10.6 Å². The number of nitrogens with one attached hydrogen (secondary N) is 2. The lowest BCUT2D eigenvalue weighted by Gasteiger charge is -2.13. The van der Waals surface area contributed by atoms with E-state index in [9.17, 15) is 4.79 Å². The number of allylic oxidation sites excluding steroid dienone is 1. The fraction of sp³-hybridized carbons (Fsp3) is 0.500. The van der Waals surface area contributed by atoms with Gasteiger partial charge in [-0.1, -0.05) is 41.4 Å². The lowest BCUT2D eigenvalue weighted by molar-refractivity contribution is -0.120. The second-order valence-corrected chi connectivity index (χ2v) is 6.13. The molecule has 0 atom stereocenters.